The van der Waals surface area contributed by atoms with E-state index in [1.165, 1.54) is 19.3 Å². The Morgan fingerprint density at radius 3 is 2.84 bits per heavy atom. The van der Waals surface area contributed by atoms with Crippen LogP contribution >= 0.6 is 11.6 Å². The number of carbonyl (C=O) groups excluding carboxylic acids is 1. The summed E-state index contributed by atoms with van der Waals surface area (Å²) < 4.78 is 5.06. The summed E-state index contributed by atoms with van der Waals surface area (Å²) in [6, 6.07) is 6.87. The van der Waals surface area contributed by atoms with Gasteiger partial charge < -0.3 is 4.74 Å². The molecule has 0 saturated heterocycles. The van der Waals surface area contributed by atoms with Crippen molar-refractivity contribution in [3.8, 4) is 5.75 Å². The Hall–Kier alpha value is -1.48. The van der Waals surface area contributed by atoms with Gasteiger partial charge in [-0.25, -0.2) is 4.79 Å². The minimum atomic E-state index is -0.530. The van der Waals surface area contributed by atoms with E-state index < -0.39 is 6.09 Å². The Balaban J connectivity index is 2.21. The molecule has 0 aliphatic rings. The molecule has 1 N–H and O–H groups in total. The molecule has 0 aliphatic heterocycles. The van der Waals surface area contributed by atoms with Crippen molar-refractivity contribution < 1.29 is 9.53 Å². The second-order valence-corrected chi connectivity index (χ2v) is 4.62. The Bertz CT molecular complexity index is 418. The van der Waals surface area contributed by atoms with Crippen molar-refractivity contribution in [3.05, 3.63) is 41.6 Å². The summed E-state index contributed by atoms with van der Waals surface area (Å²) in [5.41, 5.74) is 0. The Labute approximate surface area is 119 Å². The fraction of sp³-hybridized carbons (Fsp3) is 0.400. The van der Waals surface area contributed by atoms with Crippen molar-refractivity contribution in [2.75, 3.05) is 0 Å². The molecular formula is C15H20ClNO2. The molecule has 1 aromatic rings. The summed E-state index contributed by atoms with van der Waals surface area (Å²) in [7, 11) is 0. The number of benzene rings is 1. The fourth-order valence-corrected chi connectivity index (χ4v) is 1.73. The topological polar surface area (TPSA) is 38.3 Å². The lowest BCUT2D eigenvalue weighted by atomic mass is 10.1. The zero-order valence-electron chi connectivity index (χ0n) is 11.2. The first-order valence-electron chi connectivity index (χ1n) is 6.62. The summed E-state index contributed by atoms with van der Waals surface area (Å²) in [5.74, 6) is 0.359. The molecule has 1 amide bonds. The molecule has 0 spiro atoms. The molecule has 1 aromatic carbocycles. The average molecular weight is 282 g/mol. The Morgan fingerprint density at radius 1 is 1.32 bits per heavy atom. The molecule has 0 aliphatic carbocycles. The van der Waals surface area contributed by atoms with Crippen LogP contribution in [0.25, 0.3) is 0 Å². The quantitative estimate of drug-likeness (QED) is 0.721. The number of allylic oxidation sites excluding steroid dienone is 1. The lowest BCUT2D eigenvalue weighted by Crippen LogP contribution is -2.21. The number of hydrogen-bond acceptors (Lipinski definition) is 2. The maximum Gasteiger partial charge on any atom is 0.416 e. The monoisotopic (exact) mass is 281 g/mol. The van der Waals surface area contributed by atoms with E-state index in [4.69, 9.17) is 16.3 Å². The maximum atomic E-state index is 11.5. The number of nitrogens with one attached hydrogen (secondary N) is 1. The van der Waals surface area contributed by atoms with Crippen LogP contribution in [0.4, 0.5) is 4.79 Å². The molecule has 3 nitrogen and oxygen atoms in total. The summed E-state index contributed by atoms with van der Waals surface area (Å²) in [6.07, 6.45) is 8.84. The van der Waals surface area contributed by atoms with E-state index in [9.17, 15) is 4.79 Å². The number of hydrogen-bond donors (Lipinski definition) is 1. The summed E-state index contributed by atoms with van der Waals surface area (Å²) in [4.78, 5) is 11.5. The minimum Gasteiger partial charge on any atom is -0.409 e. The molecule has 1 rings (SSSR count). The van der Waals surface area contributed by atoms with Crippen LogP contribution in [0.2, 0.25) is 5.02 Å². The van der Waals surface area contributed by atoms with Gasteiger partial charge >= 0.3 is 6.09 Å². The third-order valence-corrected chi connectivity index (χ3v) is 2.89. The number of unbranched alkanes of at least 4 members (excludes halogenated alkanes) is 4. The first kappa shape index (κ1) is 15.6. The fourth-order valence-electron chi connectivity index (χ4n) is 1.56. The summed E-state index contributed by atoms with van der Waals surface area (Å²) in [6.45, 7) is 2.18. The molecule has 104 valence electrons. The maximum absolute atomic E-state index is 11.5. The second-order valence-electron chi connectivity index (χ2n) is 4.22. The summed E-state index contributed by atoms with van der Waals surface area (Å²) >= 11 is 5.88. The predicted molar refractivity (Wildman–Crippen MR) is 78.5 cm³/mol. The molecule has 0 atom stereocenters. The first-order chi connectivity index (χ1) is 9.24. The van der Waals surface area contributed by atoms with Crippen molar-refractivity contribution in [3.63, 3.8) is 0 Å². The first-order valence-corrected chi connectivity index (χ1v) is 6.99. The number of halogens is 1. The van der Waals surface area contributed by atoms with Crippen molar-refractivity contribution in [1.29, 1.82) is 0 Å². The number of amides is 1. The molecule has 0 bridgehead atoms. The van der Waals surface area contributed by atoms with Gasteiger partial charge in [0.1, 0.15) is 0 Å². The van der Waals surface area contributed by atoms with Crippen LogP contribution in [-0.2, 0) is 0 Å². The van der Waals surface area contributed by atoms with E-state index in [-0.39, 0.29) is 0 Å². The van der Waals surface area contributed by atoms with E-state index in [0.29, 0.717) is 10.8 Å². The zero-order chi connectivity index (χ0) is 13.9. The van der Waals surface area contributed by atoms with Gasteiger partial charge in [-0.15, -0.1) is 0 Å². The number of carbonyl (C=O) groups is 1. The molecule has 0 unspecified atom stereocenters. The molecule has 19 heavy (non-hydrogen) atoms. The Kier molecular flexibility index (Phi) is 7.75. The molecular weight excluding hydrogens is 262 g/mol. The highest BCUT2D eigenvalue weighted by Gasteiger charge is 2.04. The minimum absolute atomic E-state index is 0.359. The van der Waals surface area contributed by atoms with Crippen molar-refractivity contribution in [1.82, 2.24) is 5.32 Å². The zero-order valence-corrected chi connectivity index (χ0v) is 12.0. The van der Waals surface area contributed by atoms with Gasteiger partial charge in [-0.2, -0.15) is 0 Å². The third kappa shape index (κ3) is 6.87. The van der Waals surface area contributed by atoms with Gasteiger partial charge in [0.2, 0.25) is 0 Å². The second kappa shape index (κ2) is 9.45. The van der Waals surface area contributed by atoms with Crippen LogP contribution in [0.1, 0.15) is 39.0 Å². The van der Waals surface area contributed by atoms with Crippen molar-refractivity contribution >= 4 is 17.7 Å². The molecule has 0 fully saturated rings. The van der Waals surface area contributed by atoms with Gasteiger partial charge in [0.05, 0.1) is 5.02 Å². The number of ether oxygens (including phenoxy) is 1. The van der Waals surface area contributed by atoms with Crippen LogP contribution < -0.4 is 10.1 Å². The molecule has 0 radical (unpaired) electrons. The van der Waals surface area contributed by atoms with E-state index in [1.54, 1.807) is 30.5 Å². The molecule has 0 saturated carbocycles. The lowest BCUT2D eigenvalue weighted by Gasteiger charge is -2.04. The van der Waals surface area contributed by atoms with Crippen LogP contribution in [-0.4, -0.2) is 6.09 Å². The summed E-state index contributed by atoms with van der Waals surface area (Å²) in [5, 5.41) is 2.97. The van der Waals surface area contributed by atoms with E-state index in [0.717, 1.165) is 12.8 Å². The van der Waals surface area contributed by atoms with Crippen LogP contribution in [0.15, 0.2) is 36.5 Å². The number of para-hydroxylation sites is 1. The van der Waals surface area contributed by atoms with Gasteiger partial charge in [0, 0.05) is 6.20 Å². The van der Waals surface area contributed by atoms with Gasteiger partial charge in [-0.05, 0) is 25.0 Å². The highest BCUT2D eigenvalue weighted by Crippen LogP contribution is 2.22. The van der Waals surface area contributed by atoms with E-state index in [2.05, 4.69) is 12.2 Å². The molecule has 0 heterocycles. The largest absolute Gasteiger partial charge is 0.416 e. The highest BCUT2D eigenvalue weighted by atomic mass is 35.5. The molecule has 0 aromatic heterocycles. The SMILES string of the molecule is CCCCCCC=CNC(=O)Oc1ccccc1Cl. The average Bonchev–Trinajstić information content (AvgIpc) is 2.40. The smallest absolute Gasteiger partial charge is 0.409 e. The van der Waals surface area contributed by atoms with Gasteiger partial charge in [0.25, 0.3) is 0 Å². The van der Waals surface area contributed by atoms with Gasteiger partial charge in [-0.1, -0.05) is 56.0 Å². The van der Waals surface area contributed by atoms with E-state index in [1.807, 2.05) is 6.08 Å². The van der Waals surface area contributed by atoms with E-state index >= 15 is 0 Å². The van der Waals surface area contributed by atoms with Crippen molar-refractivity contribution in [2.24, 2.45) is 0 Å². The highest BCUT2D eigenvalue weighted by molar-refractivity contribution is 6.32. The standard InChI is InChI=1S/C15H20ClNO2/c1-2-3-4-5-6-9-12-17-15(18)19-14-11-8-7-10-13(14)16/h7-12H,2-6H2,1H3,(H,17,18). The molecule has 4 heteroatoms. The van der Waals surface area contributed by atoms with Gasteiger partial charge in [0.15, 0.2) is 5.75 Å². The van der Waals surface area contributed by atoms with Crippen LogP contribution in [0.3, 0.4) is 0 Å². The van der Waals surface area contributed by atoms with Crippen molar-refractivity contribution in [2.45, 2.75) is 39.0 Å². The Morgan fingerprint density at radius 2 is 2.11 bits per heavy atom. The van der Waals surface area contributed by atoms with Crippen LogP contribution in [0, 0.1) is 0 Å². The normalized spacial score (nSPS) is 10.6. The van der Waals surface area contributed by atoms with Gasteiger partial charge in [-0.3, -0.25) is 5.32 Å². The van der Waals surface area contributed by atoms with Crippen LogP contribution in [0.5, 0.6) is 5.75 Å². The predicted octanol–water partition coefficient (Wildman–Crippen LogP) is 4.91. The lowest BCUT2D eigenvalue weighted by molar-refractivity contribution is 0.204. The third-order valence-electron chi connectivity index (χ3n) is 2.58. The number of rotatable bonds is 7.